The summed E-state index contributed by atoms with van der Waals surface area (Å²) in [4.78, 5) is 0. The second-order valence-corrected chi connectivity index (χ2v) is 7.43. The van der Waals surface area contributed by atoms with Crippen molar-refractivity contribution >= 4 is 0 Å². The van der Waals surface area contributed by atoms with Crippen molar-refractivity contribution in [3.8, 4) is 11.8 Å². The van der Waals surface area contributed by atoms with Crippen molar-refractivity contribution < 1.29 is 4.74 Å². The van der Waals surface area contributed by atoms with Crippen LogP contribution in [0.15, 0.2) is 0 Å². The molecule has 0 spiro atoms. The fourth-order valence-corrected chi connectivity index (χ4v) is 5.42. The summed E-state index contributed by atoms with van der Waals surface area (Å²) in [6.45, 7) is 2.76. The van der Waals surface area contributed by atoms with Crippen LogP contribution in [0.5, 0.6) is 0 Å². The highest BCUT2D eigenvalue weighted by atomic mass is 16.5. The Morgan fingerprint density at radius 1 is 1.05 bits per heavy atom. The number of hydrogen-bond acceptors (Lipinski definition) is 2. The smallest absolute Gasteiger partial charge is 0.108 e. The van der Waals surface area contributed by atoms with Crippen molar-refractivity contribution in [2.24, 2.45) is 23.2 Å². The van der Waals surface area contributed by atoms with Crippen LogP contribution in [0.25, 0.3) is 0 Å². The summed E-state index contributed by atoms with van der Waals surface area (Å²) in [5.41, 5.74) is 0.395. The fraction of sp³-hybridized carbons (Fsp3) is 0.882. The third-order valence-electron chi connectivity index (χ3n) is 5.80. The fourth-order valence-electron chi connectivity index (χ4n) is 5.42. The first-order valence-electron chi connectivity index (χ1n) is 8.14. The van der Waals surface area contributed by atoms with Gasteiger partial charge in [0.2, 0.25) is 0 Å². The molecule has 0 radical (unpaired) electrons. The lowest BCUT2D eigenvalue weighted by Crippen LogP contribution is -2.45. The Hall–Kier alpha value is -0.520. The van der Waals surface area contributed by atoms with E-state index in [0.717, 1.165) is 37.3 Å². The summed E-state index contributed by atoms with van der Waals surface area (Å²) in [7, 11) is 0. The summed E-state index contributed by atoms with van der Waals surface area (Å²) in [5, 5.41) is 3.33. The van der Waals surface area contributed by atoms with Crippen LogP contribution < -0.4 is 5.32 Å². The minimum atomic E-state index is 0.395. The normalized spacial score (nSPS) is 47.2. The van der Waals surface area contributed by atoms with Crippen LogP contribution in [0.1, 0.15) is 44.9 Å². The maximum absolute atomic E-state index is 5.83. The van der Waals surface area contributed by atoms with E-state index >= 15 is 0 Å². The van der Waals surface area contributed by atoms with E-state index in [1.54, 1.807) is 0 Å². The first-order valence-corrected chi connectivity index (χ1v) is 8.14. The second kappa shape index (κ2) is 4.79. The van der Waals surface area contributed by atoms with Crippen LogP contribution in [0.4, 0.5) is 0 Å². The molecule has 104 valence electrons. The molecule has 4 bridgehead atoms. The molecule has 0 amide bonds. The van der Waals surface area contributed by atoms with Crippen LogP contribution in [-0.4, -0.2) is 25.8 Å². The zero-order valence-corrected chi connectivity index (χ0v) is 11.8. The number of hydrogen-bond donors (Lipinski definition) is 1. The van der Waals surface area contributed by atoms with Gasteiger partial charge >= 0.3 is 0 Å². The van der Waals surface area contributed by atoms with Gasteiger partial charge < -0.3 is 10.1 Å². The molecule has 0 aromatic heterocycles. The lowest BCUT2D eigenvalue weighted by molar-refractivity contribution is -0.0183. The van der Waals surface area contributed by atoms with Gasteiger partial charge in [-0.05, 0) is 69.2 Å². The quantitative estimate of drug-likeness (QED) is 0.770. The van der Waals surface area contributed by atoms with E-state index in [2.05, 4.69) is 17.2 Å². The van der Waals surface area contributed by atoms with Crippen LogP contribution in [-0.2, 0) is 4.74 Å². The van der Waals surface area contributed by atoms with Crippen molar-refractivity contribution in [1.29, 1.82) is 0 Å². The third kappa shape index (κ3) is 2.43. The second-order valence-electron chi connectivity index (χ2n) is 7.43. The molecule has 1 atom stereocenters. The molecule has 5 fully saturated rings. The first-order chi connectivity index (χ1) is 9.31. The van der Waals surface area contributed by atoms with Crippen molar-refractivity contribution in [3.05, 3.63) is 0 Å². The molecule has 4 saturated carbocycles. The van der Waals surface area contributed by atoms with Crippen LogP contribution >= 0.6 is 0 Å². The number of nitrogens with one attached hydrogen (secondary N) is 1. The molecule has 1 N–H and O–H groups in total. The average Bonchev–Trinajstić information content (AvgIpc) is 2.86. The molecule has 0 aromatic rings. The van der Waals surface area contributed by atoms with E-state index in [9.17, 15) is 0 Å². The number of rotatable bonds is 2. The van der Waals surface area contributed by atoms with Crippen molar-refractivity contribution in [2.45, 2.75) is 51.0 Å². The van der Waals surface area contributed by atoms with Gasteiger partial charge in [0.15, 0.2) is 0 Å². The zero-order chi connectivity index (χ0) is 12.7. The molecule has 1 saturated heterocycles. The molecule has 5 aliphatic rings. The van der Waals surface area contributed by atoms with Crippen molar-refractivity contribution in [2.75, 3.05) is 19.7 Å². The summed E-state index contributed by atoms with van der Waals surface area (Å²) in [5.74, 6) is 10.0. The highest BCUT2D eigenvalue weighted by Gasteiger charge is 2.50. The standard InChI is InChI=1S/C17H25NO/c1(5-19-16-2-4-18-12-16)3-17-9-13-6-14(10-17)8-15(7-13)11-17/h13-16,18H,2,4-12H2. The van der Waals surface area contributed by atoms with Gasteiger partial charge in [0.25, 0.3) is 0 Å². The summed E-state index contributed by atoms with van der Waals surface area (Å²) in [6, 6.07) is 0. The van der Waals surface area contributed by atoms with E-state index in [4.69, 9.17) is 4.74 Å². The Balaban J connectivity index is 1.37. The molecular weight excluding hydrogens is 234 g/mol. The Labute approximate surface area is 116 Å². The highest BCUT2D eigenvalue weighted by Crippen LogP contribution is 2.59. The lowest BCUT2D eigenvalue weighted by atomic mass is 9.50. The predicted molar refractivity (Wildman–Crippen MR) is 75.6 cm³/mol. The SMILES string of the molecule is C(#CC12CC3CC(CC(C3)C1)C2)COC1CCNC1. The van der Waals surface area contributed by atoms with E-state index < -0.39 is 0 Å². The Morgan fingerprint density at radius 2 is 1.74 bits per heavy atom. The van der Waals surface area contributed by atoms with Gasteiger partial charge in [0, 0.05) is 12.0 Å². The Bertz CT molecular complexity index is 364. The maximum Gasteiger partial charge on any atom is 0.108 e. The van der Waals surface area contributed by atoms with Crippen LogP contribution in [0.2, 0.25) is 0 Å². The minimum Gasteiger partial charge on any atom is -0.364 e. The Kier molecular flexibility index (Phi) is 3.09. The predicted octanol–water partition coefficient (Wildman–Crippen LogP) is 2.58. The molecular formula is C17H25NO. The highest BCUT2D eigenvalue weighted by molar-refractivity contribution is 5.18. The van der Waals surface area contributed by atoms with Gasteiger partial charge in [-0.3, -0.25) is 0 Å². The van der Waals surface area contributed by atoms with Gasteiger partial charge in [-0.2, -0.15) is 0 Å². The lowest BCUT2D eigenvalue weighted by Gasteiger charge is -2.54. The summed E-state index contributed by atoms with van der Waals surface area (Å²) in [6.07, 6.45) is 10.2. The van der Waals surface area contributed by atoms with E-state index in [1.807, 2.05) is 0 Å². The zero-order valence-electron chi connectivity index (χ0n) is 11.8. The van der Waals surface area contributed by atoms with Crippen molar-refractivity contribution in [1.82, 2.24) is 5.32 Å². The van der Waals surface area contributed by atoms with Crippen LogP contribution in [0.3, 0.4) is 0 Å². The molecule has 2 nitrogen and oxygen atoms in total. The molecule has 1 unspecified atom stereocenters. The molecule has 5 rings (SSSR count). The van der Waals surface area contributed by atoms with Gasteiger partial charge in [0.1, 0.15) is 6.61 Å². The van der Waals surface area contributed by atoms with Gasteiger partial charge in [-0.25, -0.2) is 0 Å². The molecule has 4 aliphatic carbocycles. The van der Waals surface area contributed by atoms with E-state index in [0.29, 0.717) is 18.1 Å². The molecule has 1 aliphatic heterocycles. The third-order valence-corrected chi connectivity index (χ3v) is 5.80. The summed E-state index contributed by atoms with van der Waals surface area (Å²) >= 11 is 0. The van der Waals surface area contributed by atoms with Gasteiger partial charge in [-0.1, -0.05) is 11.8 Å². The topological polar surface area (TPSA) is 21.3 Å². The van der Waals surface area contributed by atoms with E-state index in [-0.39, 0.29) is 0 Å². The summed E-state index contributed by atoms with van der Waals surface area (Å²) < 4.78 is 5.83. The molecule has 2 heteroatoms. The molecule has 19 heavy (non-hydrogen) atoms. The number of ether oxygens (including phenoxy) is 1. The van der Waals surface area contributed by atoms with Crippen LogP contribution in [0, 0.1) is 35.0 Å². The minimum absolute atomic E-state index is 0.395. The van der Waals surface area contributed by atoms with Gasteiger partial charge in [0.05, 0.1) is 6.10 Å². The molecule has 1 heterocycles. The molecule has 0 aromatic carbocycles. The van der Waals surface area contributed by atoms with E-state index in [1.165, 1.54) is 38.5 Å². The average molecular weight is 259 g/mol. The van der Waals surface area contributed by atoms with Crippen molar-refractivity contribution in [3.63, 3.8) is 0 Å². The largest absolute Gasteiger partial charge is 0.364 e. The monoisotopic (exact) mass is 259 g/mol. The maximum atomic E-state index is 5.83. The first kappa shape index (κ1) is 12.2. The van der Waals surface area contributed by atoms with Gasteiger partial charge in [-0.15, -0.1) is 0 Å². The Morgan fingerprint density at radius 3 is 2.32 bits per heavy atom.